The third-order valence-electron chi connectivity index (χ3n) is 5.09. The van der Waals surface area contributed by atoms with Gasteiger partial charge in [0.15, 0.2) is 0 Å². The fraction of sp³-hybridized carbons (Fsp3) is 0.786. The number of fused-ring (bicyclic) bond motifs is 3. The average molecular weight is 330 g/mol. The van der Waals surface area contributed by atoms with Crippen LogP contribution in [0.25, 0.3) is 0 Å². The monoisotopic (exact) mass is 330 g/mol. The number of amides is 1. The molecule has 126 valence electrons. The third-order valence-corrected chi connectivity index (χ3v) is 5.09. The van der Waals surface area contributed by atoms with Crippen molar-refractivity contribution in [2.45, 2.75) is 56.7 Å². The summed E-state index contributed by atoms with van der Waals surface area (Å²) in [5, 5.41) is 6.80. The molecule has 0 saturated carbocycles. The number of hydrogen-bond donors (Lipinski definition) is 1. The number of aryl methyl sites for hydroxylation is 1. The van der Waals surface area contributed by atoms with Crippen LogP contribution in [0.2, 0.25) is 0 Å². The van der Waals surface area contributed by atoms with E-state index in [1.165, 1.54) is 6.33 Å². The first-order valence-corrected chi connectivity index (χ1v) is 7.85. The van der Waals surface area contributed by atoms with Crippen LogP contribution in [-0.2, 0) is 16.1 Å². The van der Waals surface area contributed by atoms with Gasteiger partial charge in [-0.15, -0.1) is 0 Å². The summed E-state index contributed by atoms with van der Waals surface area (Å²) < 4.78 is 47.0. The molecule has 1 N–H and O–H groups in total. The first-order chi connectivity index (χ1) is 10.9. The van der Waals surface area contributed by atoms with Gasteiger partial charge in [-0.25, -0.2) is 9.67 Å². The lowest BCUT2D eigenvalue weighted by Gasteiger charge is -2.31. The van der Waals surface area contributed by atoms with Crippen LogP contribution in [0.4, 0.5) is 13.2 Å². The molecule has 2 bridgehead atoms. The van der Waals surface area contributed by atoms with Crippen molar-refractivity contribution < 1.29 is 22.7 Å². The highest BCUT2D eigenvalue weighted by Crippen LogP contribution is 2.50. The normalized spacial score (nSPS) is 36.0. The molecule has 1 aromatic heterocycles. The summed E-state index contributed by atoms with van der Waals surface area (Å²) in [4.78, 5) is 16.7. The maximum Gasteiger partial charge on any atom is 0.395 e. The summed E-state index contributed by atoms with van der Waals surface area (Å²) in [6, 6.07) is -0.383. The van der Waals surface area contributed by atoms with Gasteiger partial charge in [-0.05, 0) is 25.7 Å². The van der Waals surface area contributed by atoms with E-state index >= 15 is 0 Å². The van der Waals surface area contributed by atoms with Crippen LogP contribution in [-0.4, -0.2) is 39.1 Å². The molecule has 3 aliphatic heterocycles. The molecular weight excluding hydrogens is 313 g/mol. The van der Waals surface area contributed by atoms with Crippen LogP contribution >= 0.6 is 0 Å². The lowest BCUT2D eigenvalue weighted by Crippen LogP contribution is -2.47. The molecule has 4 heterocycles. The Balaban J connectivity index is 1.53. The number of alkyl halides is 3. The van der Waals surface area contributed by atoms with Crippen LogP contribution in [0.3, 0.4) is 0 Å². The summed E-state index contributed by atoms with van der Waals surface area (Å²) in [5.74, 6) is -2.84. The number of halogens is 3. The largest absolute Gasteiger partial charge is 0.395 e. The van der Waals surface area contributed by atoms with Crippen molar-refractivity contribution in [3.05, 3.63) is 12.2 Å². The summed E-state index contributed by atoms with van der Waals surface area (Å²) in [7, 11) is 0. The van der Waals surface area contributed by atoms with Gasteiger partial charge in [0.2, 0.25) is 5.91 Å². The number of aromatic nitrogens is 3. The molecule has 0 aromatic carbocycles. The highest BCUT2D eigenvalue weighted by atomic mass is 19.4. The molecule has 5 unspecified atom stereocenters. The molecule has 5 atom stereocenters. The second-order valence-corrected chi connectivity index (χ2v) is 6.43. The van der Waals surface area contributed by atoms with Gasteiger partial charge in [0.1, 0.15) is 12.2 Å². The predicted molar refractivity (Wildman–Crippen MR) is 71.1 cm³/mol. The summed E-state index contributed by atoms with van der Waals surface area (Å²) in [6.07, 6.45) is -2.20. The van der Waals surface area contributed by atoms with E-state index in [2.05, 4.69) is 15.4 Å². The van der Waals surface area contributed by atoms with Crippen LogP contribution in [0.5, 0.6) is 0 Å². The summed E-state index contributed by atoms with van der Waals surface area (Å²) in [6.45, 7) is 0.712. The Morgan fingerprint density at radius 3 is 2.87 bits per heavy atom. The molecule has 2 saturated heterocycles. The van der Waals surface area contributed by atoms with Crippen molar-refractivity contribution in [3.8, 4) is 0 Å². The maximum absolute atomic E-state index is 13.3. The average Bonchev–Trinajstić information content (AvgIpc) is 3.20. The van der Waals surface area contributed by atoms with E-state index in [1.54, 1.807) is 4.68 Å². The molecule has 23 heavy (non-hydrogen) atoms. The molecule has 1 amide bonds. The van der Waals surface area contributed by atoms with Crippen molar-refractivity contribution in [1.29, 1.82) is 0 Å². The molecular formula is C14H17F3N4O2. The molecule has 3 aliphatic rings. The van der Waals surface area contributed by atoms with Crippen LogP contribution < -0.4 is 5.32 Å². The van der Waals surface area contributed by atoms with Crippen molar-refractivity contribution in [3.63, 3.8) is 0 Å². The smallest absolute Gasteiger partial charge is 0.373 e. The van der Waals surface area contributed by atoms with E-state index in [-0.39, 0.29) is 6.04 Å². The van der Waals surface area contributed by atoms with Gasteiger partial charge in [0.25, 0.3) is 0 Å². The van der Waals surface area contributed by atoms with Gasteiger partial charge in [-0.2, -0.15) is 18.3 Å². The Bertz CT molecular complexity index is 617. The molecule has 6 nitrogen and oxygen atoms in total. The molecule has 4 rings (SSSR count). The second-order valence-electron chi connectivity index (χ2n) is 6.43. The number of nitrogens with one attached hydrogen (secondary N) is 1. The minimum atomic E-state index is -4.42. The van der Waals surface area contributed by atoms with E-state index < -0.39 is 36.1 Å². The number of nitrogens with zero attached hydrogens (tertiary/aromatic N) is 3. The molecule has 0 radical (unpaired) electrons. The summed E-state index contributed by atoms with van der Waals surface area (Å²) in [5.41, 5.74) is 0. The molecule has 9 heteroatoms. The van der Waals surface area contributed by atoms with Crippen LogP contribution in [0.1, 0.15) is 37.5 Å². The number of ether oxygens (including phenoxy) is 1. The SMILES string of the molecule is O=C(NC1CCCn2ncnc21)C1C2CCC(O2)C1C(F)(F)F. The first kappa shape index (κ1) is 14.9. The Hall–Kier alpha value is -1.64. The zero-order valence-corrected chi connectivity index (χ0v) is 12.3. The number of hydrogen-bond acceptors (Lipinski definition) is 4. The third kappa shape index (κ3) is 2.41. The van der Waals surface area contributed by atoms with Crippen LogP contribution in [0, 0.1) is 11.8 Å². The van der Waals surface area contributed by atoms with E-state index in [0.717, 1.165) is 6.42 Å². The molecule has 1 aromatic rings. The number of carbonyl (C=O) groups excluding carboxylic acids is 1. The van der Waals surface area contributed by atoms with E-state index in [9.17, 15) is 18.0 Å². The van der Waals surface area contributed by atoms with Gasteiger partial charge in [0, 0.05) is 6.54 Å². The Kier molecular flexibility index (Phi) is 3.36. The first-order valence-electron chi connectivity index (χ1n) is 7.85. The molecule has 0 spiro atoms. The molecule has 0 aliphatic carbocycles. The number of rotatable bonds is 2. The van der Waals surface area contributed by atoms with Crippen molar-refractivity contribution in [1.82, 2.24) is 20.1 Å². The minimum absolute atomic E-state index is 0.371. The quantitative estimate of drug-likeness (QED) is 0.894. The topological polar surface area (TPSA) is 69.0 Å². The van der Waals surface area contributed by atoms with Gasteiger partial charge >= 0.3 is 6.18 Å². The number of carbonyl (C=O) groups is 1. The Morgan fingerprint density at radius 2 is 2.09 bits per heavy atom. The van der Waals surface area contributed by atoms with Crippen molar-refractivity contribution >= 4 is 5.91 Å². The van der Waals surface area contributed by atoms with E-state index in [1.807, 2.05) is 0 Å². The van der Waals surface area contributed by atoms with E-state index in [0.29, 0.717) is 31.6 Å². The minimum Gasteiger partial charge on any atom is -0.373 e. The predicted octanol–water partition coefficient (Wildman–Crippen LogP) is 1.59. The lowest BCUT2D eigenvalue weighted by molar-refractivity contribution is -0.197. The zero-order chi connectivity index (χ0) is 16.2. The van der Waals surface area contributed by atoms with Gasteiger partial charge in [-0.1, -0.05) is 0 Å². The van der Waals surface area contributed by atoms with Gasteiger partial charge in [0.05, 0.1) is 30.1 Å². The Labute approximate surface area is 130 Å². The second kappa shape index (κ2) is 5.19. The fourth-order valence-electron chi connectivity index (χ4n) is 4.12. The lowest BCUT2D eigenvalue weighted by atomic mass is 9.78. The summed E-state index contributed by atoms with van der Waals surface area (Å²) >= 11 is 0. The highest BCUT2D eigenvalue weighted by molar-refractivity contribution is 5.80. The van der Waals surface area contributed by atoms with Crippen molar-refractivity contribution in [2.75, 3.05) is 0 Å². The maximum atomic E-state index is 13.3. The molecule has 2 fully saturated rings. The van der Waals surface area contributed by atoms with Gasteiger partial charge < -0.3 is 10.1 Å². The van der Waals surface area contributed by atoms with Gasteiger partial charge in [-0.3, -0.25) is 4.79 Å². The fourth-order valence-corrected chi connectivity index (χ4v) is 4.12. The Morgan fingerprint density at radius 1 is 1.30 bits per heavy atom. The zero-order valence-electron chi connectivity index (χ0n) is 12.3. The standard InChI is InChI=1S/C14H17F3N4O2/c15-14(16,17)11-9-4-3-8(23-9)10(11)13(22)20-7-2-1-5-21-12(7)18-6-19-21/h6-11H,1-5H2,(H,20,22). The van der Waals surface area contributed by atoms with Crippen LogP contribution in [0.15, 0.2) is 6.33 Å². The van der Waals surface area contributed by atoms with Crippen molar-refractivity contribution in [2.24, 2.45) is 11.8 Å². The highest BCUT2D eigenvalue weighted by Gasteiger charge is 2.62. The van der Waals surface area contributed by atoms with E-state index in [4.69, 9.17) is 4.74 Å².